The van der Waals surface area contributed by atoms with Crippen molar-refractivity contribution in [2.75, 3.05) is 10.6 Å². The summed E-state index contributed by atoms with van der Waals surface area (Å²) in [7, 11) is 0. The Bertz CT molecular complexity index is 581. The summed E-state index contributed by atoms with van der Waals surface area (Å²) >= 11 is 5.28. The van der Waals surface area contributed by atoms with Gasteiger partial charge in [0.1, 0.15) is 5.82 Å². The summed E-state index contributed by atoms with van der Waals surface area (Å²) in [6, 6.07) is 14.0. The molecule has 0 fully saturated rings. The van der Waals surface area contributed by atoms with E-state index in [9.17, 15) is 0 Å². The first-order valence-electron chi connectivity index (χ1n) is 6.28. The van der Waals surface area contributed by atoms with Crippen molar-refractivity contribution in [3.05, 3.63) is 53.7 Å². The number of pyridine rings is 1. The molecule has 2 N–H and O–H groups in total. The highest BCUT2D eigenvalue weighted by atomic mass is 32.1. The highest BCUT2D eigenvalue weighted by Gasteiger charge is 2.00. The van der Waals surface area contributed by atoms with E-state index in [1.807, 2.05) is 37.3 Å². The minimum atomic E-state index is 0.548. The predicted octanol–water partition coefficient (Wildman–Crippen LogP) is 3.76. The third-order valence-electron chi connectivity index (χ3n) is 2.72. The average molecular weight is 271 g/mol. The molecule has 0 atom stereocenters. The van der Waals surface area contributed by atoms with Crippen LogP contribution in [0, 0.1) is 6.92 Å². The highest BCUT2D eigenvalue weighted by Crippen LogP contribution is 2.12. The van der Waals surface area contributed by atoms with E-state index in [1.54, 1.807) is 0 Å². The van der Waals surface area contributed by atoms with Crippen molar-refractivity contribution in [3.63, 3.8) is 0 Å². The molecule has 0 aliphatic heterocycles. The molecular formula is C15H17N3S. The molecule has 3 nitrogen and oxygen atoms in total. The zero-order valence-electron chi connectivity index (χ0n) is 11.1. The number of hydrogen-bond donors (Lipinski definition) is 2. The van der Waals surface area contributed by atoms with Gasteiger partial charge in [0, 0.05) is 11.4 Å². The number of aryl methyl sites for hydroxylation is 2. The summed E-state index contributed by atoms with van der Waals surface area (Å²) in [5, 5.41) is 6.79. The summed E-state index contributed by atoms with van der Waals surface area (Å²) in [6.45, 7) is 4.08. The summed E-state index contributed by atoms with van der Waals surface area (Å²) in [6.07, 6.45) is 1.01. The van der Waals surface area contributed by atoms with Gasteiger partial charge in [-0.3, -0.25) is 0 Å². The number of benzene rings is 1. The number of thiocarbonyl (C=S) groups is 1. The van der Waals surface area contributed by atoms with Gasteiger partial charge in [0.2, 0.25) is 0 Å². The molecule has 0 unspecified atom stereocenters. The van der Waals surface area contributed by atoms with Gasteiger partial charge in [-0.1, -0.05) is 25.1 Å². The standard InChI is InChI=1S/C15H17N3S/c1-3-12-7-5-8-13(10-12)17-15(19)18-14-9-4-6-11(2)16-14/h4-10H,3H2,1-2H3,(H2,16,17,18,19). The van der Waals surface area contributed by atoms with E-state index >= 15 is 0 Å². The maximum absolute atomic E-state index is 5.28. The average Bonchev–Trinajstić information content (AvgIpc) is 2.38. The molecule has 0 saturated heterocycles. The molecule has 0 aliphatic rings. The van der Waals surface area contributed by atoms with Crippen LogP contribution < -0.4 is 10.6 Å². The quantitative estimate of drug-likeness (QED) is 0.833. The number of nitrogens with zero attached hydrogens (tertiary/aromatic N) is 1. The second kappa shape index (κ2) is 6.29. The van der Waals surface area contributed by atoms with Crippen molar-refractivity contribution >= 4 is 28.8 Å². The molecule has 0 spiro atoms. The molecule has 1 aromatic carbocycles. The zero-order valence-corrected chi connectivity index (χ0v) is 11.9. The first-order valence-corrected chi connectivity index (χ1v) is 6.69. The monoisotopic (exact) mass is 271 g/mol. The van der Waals surface area contributed by atoms with E-state index in [0.717, 1.165) is 23.6 Å². The number of rotatable bonds is 3. The van der Waals surface area contributed by atoms with Crippen LogP contribution in [0.1, 0.15) is 18.2 Å². The maximum Gasteiger partial charge on any atom is 0.176 e. The number of anilines is 2. The van der Waals surface area contributed by atoms with Crippen LogP contribution in [0.15, 0.2) is 42.5 Å². The first-order chi connectivity index (χ1) is 9.17. The lowest BCUT2D eigenvalue weighted by molar-refractivity contribution is 1.14. The topological polar surface area (TPSA) is 37.0 Å². The molecule has 4 heteroatoms. The molecule has 2 rings (SSSR count). The number of nitrogens with one attached hydrogen (secondary N) is 2. The van der Waals surface area contributed by atoms with E-state index < -0.39 is 0 Å². The molecule has 0 bridgehead atoms. The van der Waals surface area contributed by atoms with Gasteiger partial charge in [-0.2, -0.15) is 0 Å². The van der Waals surface area contributed by atoms with E-state index in [-0.39, 0.29) is 0 Å². The van der Waals surface area contributed by atoms with Crippen LogP contribution in [0.3, 0.4) is 0 Å². The molecule has 1 aromatic heterocycles. The third kappa shape index (κ3) is 4.03. The molecule has 1 heterocycles. The Kier molecular flexibility index (Phi) is 4.47. The lowest BCUT2D eigenvalue weighted by Gasteiger charge is -2.11. The fourth-order valence-corrected chi connectivity index (χ4v) is 1.98. The van der Waals surface area contributed by atoms with Crippen LogP contribution in [0.2, 0.25) is 0 Å². The van der Waals surface area contributed by atoms with Crippen LogP contribution in [-0.2, 0) is 6.42 Å². The molecule has 0 saturated carbocycles. The van der Waals surface area contributed by atoms with Gasteiger partial charge in [0.05, 0.1) is 0 Å². The normalized spacial score (nSPS) is 10.0. The number of hydrogen-bond acceptors (Lipinski definition) is 2. The fourth-order valence-electron chi connectivity index (χ4n) is 1.76. The minimum Gasteiger partial charge on any atom is -0.332 e. The van der Waals surface area contributed by atoms with Crippen molar-refractivity contribution in [1.82, 2.24) is 4.98 Å². The highest BCUT2D eigenvalue weighted by molar-refractivity contribution is 7.80. The molecule has 0 amide bonds. The van der Waals surface area contributed by atoms with Crippen molar-refractivity contribution in [2.45, 2.75) is 20.3 Å². The third-order valence-corrected chi connectivity index (χ3v) is 2.93. The summed E-state index contributed by atoms with van der Waals surface area (Å²) < 4.78 is 0. The zero-order chi connectivity index (χ0) is 13.7. The van der Waals surface area contributed by atoms with E-state index in [2.05, 4.69) is 34.7 Å². The molecule has 0 radical (unpaired) electrons. The van der Waals surface area contributed by atoms with Gasteiger partial charge in [0.15, 0.2) is 5.11 Å². The van der Waals surface area contributed by atoms with E-state index in [0.29, 0.717) is 5.11 Å². The smallest absolute Gasteiger partial charge is 0.176 e. The Morgan fingerprint density at radius 2 is 1.95 bits per heavy atom. The van der Waals surface area contributed by atoms with Gasteiger partial charge < -0.3 is 10.6 Å². The lowest BCUT2D eigenvalue weighted by Crippen LogP contribution is -2.19. The van der Waals surface area contributed by atoms with E-state index in [1.165, 1.54) is 5.56 Å². The second-order valence-electron chi connectivity index (χ2n) is 4.30. The SMILES string of the molecule is CCc1cccc(NC(=S)Nc2cccc(C)n2)c1. The largest absolute Gasteiger partial charge is 0.332 e. The Balaban J connectivity index is 2.01. The molecule has 0 aliphatic carbocycles. The van der Waals surface area contributed by atoms with Gasteiger partial charge >= 0.3 is 0 Å². The molecule has 19 heavy (non-hydrogen) atoms. The fraction of sp³-hybridized carbons (Fsp3) is 0.200. The van der Waals surface area contributed by atoms with Crippen LogP contribution >= 0.6 is 12.2 Å². The molecule has 98 valence electrons. The summed E-state index contributed by atoms with van der Waals surface area (Å²) in [5.74, 6) is 0.754. The van der Waals surface area contributed by atoms with Crippen molar-refractivity contribution in [3.8, 4) is 0 Å². The van der Waals surface area contributed by atoms with Gasteiger partial charge in [-0.25, -0.2) is 4.98 Å². The van der Waals surface area contributed by atoms with Gasteiger partial charge in [0.25, 0.3) is 0 Å². The predicted molar refractivity (Wildman–Crippen MR) is 84.6 cm³/mol. The first kappa shape index (κ1) is 13.5. The number of aromatic nitrogens is 1. The van der Waals surface area contributed by atoms with E-state index in [4.69, 9.17) is 12.2 Å². The second-order valence-corrected chi connectivity index (χ2v) is 4.71. The Morgan fingerprint density at radius 3 is 2.68 bits per heavy atom. The minimum absolute atomic E-state index is 0.548. The summed E-state index contributed by atoms with van der Waals surface area (Å²) in [5.41, 5.74) is 3.23. The van der Waals surface area contributed by atoms with Crippen LogP contribution in [0.5, 0.6) is 0 Å². The van der Waals surface area contributed by atoms with Crippen LogP contribution in [0.25, 0.3) is 0 Å². The van der Waals surface area contributed by atoms with Crippen molar-refractivity contribution < 1.29 is 0 Å². The van der Waals surface area contributed by atoms with Crippen molar-refractivity contribution in [2.24, 2.45) is 0 Å². The lowest BCUT2D eigenvalue weighted by atomic mass is 10.1. The van der Waals surface area contributed by atoms with Crippen LogP contribution in [-0.4, -0.2) is 10.1 Å². The summed E-state index contributed by atoms with van der Waals surface area (Å²) in [4.78, 5) is 4.35. The molecule has 2 aromatic rings. The molecular weight excluding hydrogens is 254 g/mol. The maximum atomic E-state index is 5.28. The Hall–Kier alpha value is -1.94. The van der Waals surface area contributed by atoms with Crippen molar-refractivity contribution in [1.29, 1.82) is 0 Å². The Morgan fingerprint density at radius 1 is 1.16 bits per heavy atom. The Labute approximate surface area is 119 Å². The van der Waals surface area contributed by atoms with Gasteiger partial charge in [-0.15, -0.1) is 0 Å². The van der Waals surface area contributed by atoms with Crippen LogP contribution in [0.4, 0.5) is 11.5 Å². The van der Waals surface area contributed by atoms with Gasteiger partial charge in [-0.05, 0) is 55.4 Å².